The molecule has 18 heavy (non-hydrogen) atoms. The van der Waals surface area contributed by atoms with Gasteiger partial charge in [0.1, 0.15) is 0 Å². The van der Waals surface area contributed by atoms with E-state index >= 15 is 0 Å². The summed E-state index contributed by atoms with van der Waals surface area (Å²) in [5.74, 6) is 1.80. The maximum absolute atomic E-state index is 11.5. The summed E-state index contributed by atoms with van der Waals surface area (Å²) in [6, 6.07) is 0. The van der Waals surface area contributed by atoms with Crippen LogP contribution in [-0.4, -0.2) is 74.6 Å². The first-order valence-corrected chi connectivity index (χ1v) is 5.91. The molecule has 0 spiro atoms. The number of hydrogen-bond donors (Lipinski definition) is 1. The summed E-state index contributed by atoms with van der Waals surface area (Å²) in [5.41, 5.74) is 0. The lowest BCUT2D eigenvalue weighted by Gasteiger charge is -2.33. The highest BCUT2D eigenvalue weighted by Gasteiger charge is 2.20. The van der Waals surface area contributed by atoms with E-state index in [1.54, 1.807) is 12.0 Å². The summed E-state index contributed by atoms with van der Waals surface area (Å²) in [6.07, 6.45) is 5.06. The van der Waals surface area contributed by atoms with Gasteiger partial charge in [0.25, 0.3) is 5.91 Å². The van der Waals surface area contributed by atoms with E-state index in [0.29, 0.717) is 45.9 Å². The Morgan fingerprint density at radius 2 is 2.00 bits per heavy atom. The molecule has 1 aliphatic heterocycles. The van der Waals surface area contributed by atoms with E-state index in [9.17, 15) is 9.59 Å². The van der Waals surface area contributed by atoms with Gasteiger partial charge >= 0.3 is 0 Å². The van der Waals surface area contributed by atoms with E-state index in [0.717, 1.165) is 0 Å². The Bertz CT molecular complexity index is 330. The molecule has 0 aromatic heterocycles. The van der Waals surface area contributed by atoms with Crippen molar-refractivity contribution in [2.24, 2.45) is 0 Å². The topological polar surface area (TPSA) is 61.9 Å². The van der Waals surface area contributed by atoms with Gasteiger partial charge in [0.2, 0.25) is 5.91 Å². The number of rotatable bonds is 5. The largest absolute Gasteiger partial charge is 0.383 e. The number of amides is 2. The van der Waals surface area contributed by atoms with Gasteiger partial charge in [-0.1, -0.05) is 0 Å². The van der Waals surface area contributed by atoms with Crippen LogP contribution in [0.25, 0.3) is 0 Å². The Labute approximate surface area is 107 Å². The average molecular weight is 253 g/mol. The van der Waals surface area contributed by atoms with Crippen molar-refractivity contribution in [2.45, 2.75) is 0 Å². The standard InChI is InChI=1S/C12H19N3O3/c1-3-12(17)15-7-5-14(6-8-15)10-11(16)13-4-9-18-2/h1H,4-10H2,2H3,(H,13,16). The molecule has 100 valence electrons. The van der Waals surface area contributed by atoms with Crippen LogP contribution < -0.4 is 5.32 Å². The SMILES string of the molecule is C#CC(=O)N1CCN(CC(=O)NCCOC)CC1. The number of nitrogens with one attached hydrogen (secondary N) is 1. The zero-order valence-electron chi connectivity index (χ0n) is 10.6. The van der Waals surface area contributed by atoms with Crippen LogP contribution in [0.5, 0.6) is 0 Å². The summed E-state index contributed by atoms with van der Waals surface area (Å²) < 4.78 is 4.84. The van der Waals surface area contributed by atoms with Crippen LogP contribution in [0.3, 0.4) is 0 Å². The Kier molecular flexibility index (Phi) is 6.19. The smallest absolute Gasteiger partial charge is 0.298 e. The summed E-state index contributed by atoms with van der Waals surface area (Å²) in [4.78, 5) is 26.4. The van der Waals surface area contributed by atoms with Crippen molar-refractivity contribution in [1.82, 2.24) is 15.1 Å². The molecule has 1 N–H and O–H groups in total. The molecule has 1 rings (SSSR count). The minimum atomic E-state index is -0.279. The van der Waals surface area contributed by atoms with E-state index in [1.165, 1.54) is 0 Å². The Morgan fingerprint density at radius 1 is 1.33 bits per heavy atom. The number of piperazine rings is 1. The third-order valence-corrected chi connectivity index (χ3v) is 2.78. The van der Waals surface area contributed by atoms with Gasteiger partial charge in [-0.05, 0) is 5.92 Å². The van der Waals surface area contributed by atoms with E-state index in [4.69, 9.17) is 11.2 Å². The molecule has 0 aliphatic carbocycles. The van der Waals surface area contributed by atoms with Gasteiger partial charge in [-0.15, -0.1) is 6.42 Å². The van der Waals surface area contributed by atoms with Gasteiger partial charge in [-0.3, -0.25) is 14.5 Å². The summed E-state index contributed by atoms with van der Waals surface area (Å²) in [5, 5.41) is 2.76. The molecule has 0 aromatic rings. The number of carbonyl (C=O) groups excluding carboxylic acids is 2. The number of methoxy groups -OCH3 is 1. The molecule has 1 aliphatic rings. The Balaban J connectivity index is 2.21. The molecular formula is C12H19N3O3. The molecule has 0 unspecified atom stereocenters. The number of terminal acetylenes is 1. The third kappa shape index (κ3) is 4.73. The summed E-state index contributed by atoms with van der Waals surface area (Å²) in [7, 11) is 1.59. The Morgan fingerprint density at radius 3 is 2.56 bits per heavy atom. The first-order chi connectivity index (χ1) is 8.67. The number of hydrogen-bond acceptors (Lipinski definition) is 4. The molecular weight excluding hydrogens is 234 g/mol. The predicted octanol–water partition coefficient (Wildman–Crippen LogP) is -1.47. The van der Waals surface area contributed by atoms with Crippen LogP contribution in [0.2, 0.25) is 0 Å². The molecule has 6 heteroatoms. The molecule has 0 aromatic carbocycles. The van der Waals surface area contributed by atoms with Crippen molar-refractivity contribution in [2.75, 3.05) is 53.0 Å². The average Bonchev–Trinajstić information content (AvgIpc) is 2.39. The van der Waals surface area contributed by atoms with Gasteiger partial charge in [0.05, 0.1) is 13.2 Å². The zero-order chi connectivity index (χ0) is 13.4. The van der Waals surface area contributed by atoms with Crippen LogP contribution in [0.15, 0.2) is 0 Å². The van der Waals surface area contributed by atoms with E-state index in [2.05, 4.69) is 11.2 Å². The fourth-order valence-corrected chi connectivity index (χ4v) is 1.75. The Hall–Kier alpha value is -1.58. The second-order valence-electron chi connectivity index (χ2n) is 4.06. The molecule has 0 bridgehead atoms. The summed E-state index contributed by atoms with van der Waals surface area (Å²) >= 11 is 0. The number of carbonyl (C=O) groups is 2. The van der Waals surface area contributed by atoms with Crippen molar-refractivity contribution >= 4 is 11.8 Å². The number of nitrogens with zero attached hydrogens (tertiary/aromatic N) is 2. The zero-order valence-corrected chi connectivity index (χ0v) is 10.6. The van der Waals surface area contributed by atoms with Gasteiger partial charge in [0, 0.05) is 39.8 Å². The van der Waals surface area contributed by atoms with Gasteiger partial charge in [0.15, 0.2) is 0 Å². The van der Waals surface area contributed by atoms with Crippen LogP contribution in [0, 0.1) is 12.3 Å². The van der Waals surface area contributed by atoms with Crippen molar-refractivity contribution in [3.05, 3.63) is 0 Å². The molecule has 0 radical (unpaired) electrons. The van der Waals surface area contributed by atoms with Crippen molar-refractivity contribution in [1.29, 1.82) is 0 Å². The lowest BCUT2D eigenvalue weighted by atomic mass is 10.3. The van der Waals surface area contributed by atoms with Gasteiger partial charge in [-0.25, -0.2) is 0 Å². The van der Waals surface area contributed by atoms with Crippen molar-refractivity contribution < 1.29 is 14.3 Å². The molecule has 2 amide bonds. The van der Waals surface area contributed by atoms with Crippen molar-refractivity contribution in [3.63, 3.8) is 0 Å². The maximum atomic E-state index is 11.5. The number of ether oxygens (including phenoxy) is 1. The first kappa shape index (κ1) is 14.5. The molecule has 0 atom stereocenters. The monoisotopic (exact) mass is 253 g/mol. The van der Waals surface area contributed by atoms with E-state index in [-0.39, 0.29) is 11.8 Å². The normalized spacial score (nSPS) is 16.1. The molecule has 1 saturated heterocycles. The fourth-order valence-electron chi connectivity index (χ4n) is 1.75. The predicted molar refractivity (Wildman–Crippen MR) is 66.7 cm³/mol. The van der Waals surface area contributed by atoms with Gasteiger partial charge in [-0.2, -0.15) is 0 Å². The van der Waals surface area contributed by atoms with Crippen molar-refractivity contribution in [3.8, 4) is 12.3 Å². The van der Waals surface area contributed by atoms with E-state index < -0.39 is 0 Å². The highest BCUT2D eigenvalue weighted by molar-refractivity contribution is 5.92. The van der Waals surface area contributed by atoms with Crippen LogP contribution in [-0.2, 0) is 14.3 Å². The second-order valence-corrected chi connectivity index (χ2v) is 4.06. The van der Waals surface area contributed by atoms with E-state index in [1.807, 2.05) is 4.90 Å². The van der Waals surface area contributed by atoms with Crippen LogP contribution in [0.1, 0.15) is 0 Å². The minimum Gasteiger partial charge on any atom is -0.383 e. The summed E-state index contributed by atoms with van der Waals surface area (Å²) in [6.45, 7) is 3.88. The second kappa shape index (κ2) is 7.69. The van der Waals surface area contributed by atoms with Crippen LogP contribution in [0.4, 0.5) is 0 Å². The fraction of sp³-hybridized carbons (Fsp3) is 0.667. The highest BCUT2D eigenvalue weighted by atomic mass is 16.5. The quantitative estimate of drug-likeness (QED) is 0.480. The third-order valence-electron chi connectivity index (χ3n) is 2.78. The molecule has 0 saturated carbocycles. The van der Waals surface area contributed by atoms with Crippen LogP contribution >= 0.6 is 0 Å². The molecule has 6 nitrogen and oxygen atoms in total. The molecule has 1 fully saturated rings. The lowest BCUT2D eigenvalue weighted by molar-refractivity contribution is -0.127. The molecule has 1 heterocycles. The minimum absolute atomic E-state index is 0.0243. The van der Waals surface area contributed by atoms with Gasteiger partial charge < -0.3 is 15.0 Å². The first-order valence-electron chi connectivity index (χ1n) is 5.91. The lowest BCUT2D eigenvalue weighted by Crippen LogP contribution is -2.51. The highest BCUT2D eigenvalue weighted by Crippen LogP contribution is 2.01. The maximum Gasteiger partial charge on any atom is 0.298 e.